The molecule has 0 bridgehead atoms. The lowest BCUT2D eigenvalue weighted by Gasteiger charge is -2.07. The molecule has 0 heterocycles. The van der Waals surface area contributed by atoms with Crippen molar-refractivity contribution in [3.05, 3.63) is 29.6 Å². The molecule has 0 saturated heterocycles. The van der Waals surface area contributed by atoms with Crippen LogP contribution in [0.3, 0.4) is 0 Å². The number of hydrogen-bond acceptors (Lipinski definition) is 2. The molecule has 0 spiro atoms. The van der Waals surface area contributed by atoms with E-state index < -0.39 is 0 Å². The lowest BCUT2D eigenvalue weighted by atomic mass is 10.1. The summed E-state index contributed by atoms with van der Waals surface area (Å²) in [6, 6.07) is 4.79. The highest BCUT2D eigenvalue weighted by Gasteiger charge is 2.05. The maximum atomic E-state index is 13.3. The summed E-state index contributed by atoms with van der Waals surface area (Å²) in [6.45, 7) is 1.85. The molecule has 0 aliphatic carbocycles. The number of halogens is 1. The first-order chi connectivity index (χ1) is 6.13. The fraction of sp³-hybridized carbons (Fsp3) is 0.400. The van der Waals surface area contributed by atoms with E-state index in [1.54, 1.807) is 12.1 Å². The lowest BCUT2D eigenvalue weighted by Crippen LogP contribution is -2.18. The van der Waals surface area contributed by atoms with E-state index in [0.29, 0.717) is 17.7 Å². The molecular weight excluding hydrogens is 169 g/mol. The molecule has 0 saturated carbocycles. The molecule has 72 valence electrons. The van der Waals surface area contributed by atoms with Gasteiger partial charge in [0, 0.05) is 12.1 Å². The molecule has 1 aromatic carbocycles. The van der Waals surface area contributed by atoms with Crippen molar-refractivity contribution < 1.29 is 9.13 Å². The van der Waals surface area contributed by atoms with Crippen molar-refractivity contribution in [1.82, 2.24) is 0 Å². The Labute approximate surface area is 77.5 Å². The summed E-state index contributed by atoms with van der Waals surface area (Å²) in [5.74, 6) is 0.280. The molecule has 3 heteroatoms. The van der Waals surface area contributed by atoms with Gasteiger partial charge in [0.05, 0.1) is 7.11 Å². The molecule has 2 nitrogen and oxygen atoms in total. The number of rotatable bonds is 3. The molecule has 0 aliphatic rings. The predicted molar refractivity (Wildman–Crippen MR) is 50.3 cm³/mol. The Morgan fingerprint density at radius 2 is 2.23 bits per heavy atom. The van der Waals surface area contributed by atoms with E-state index in [1.165, 1.54) is 13.2 Å². The van der Waals surface area contributed by atoms with Gasteiger partial charge in [0.25, 0.3) is 0 Å². The summed E-state index contributed by atoms with van der Waals surface area (Å²) in [7, 11) is 1.51. The molecule has 2 N–H and O–H groups in total. The highest BCUT2D eigenvalue weighted by molar-refractivity contribution is 5.29. The Morgan fingerprint density at radius 3 is 2.69 bits per heavy atom. The molecular formula is C10H14FNO. The minimum Gasteiger partial charge on any atom is -0.497 e. The number of hydrogen-bond donors (Lipinski definition) is 1. The third-order valence-electron chi connectivity index (χ3n) is 1.80. The maximum Gasteiger partial charge on any atom is 0.130 e. The van der Waals surface area contributed by atoms with E-state index in [1.807, 2.05) is 6.92 Å². The quantitative estimate of drug-likeness (QED) is 0.774. The average molecular weight is 183 g/mol. The van der Waals surface area contributed by atoms with Gasteiger partial charge in [-0.2, -0.15) is 0 Å². The van der Waals surface area contributed by atoms with Gasteiger partial charge in [-0.15, -0.1) is 0 Å². The largest absolute Gasteiger partial charge is 0.497 e. The Kier molecular flexibility index (Phi) is 3.25. The van der Waals surface area contributed by atoms with E-state index >= 15 is 0 Å². The van der Waals surface area contributed by atoms with Crippen molar-refractivity contribution in [1.29, 1.82) is 0 Å². The van der Waals surface area contributed by atoms with Crippen molar-refractivity contribution in [2.45, 2.75) is 19.4 Å². The van der Waals surface area contributed by atoms with E-state index in [-0.39, 0.29) is 11.9 Å². The van der Waals surface area contributed by atoms with Gasteiger partial charge in [-0.3, -0.25) is 0 Å². The minimum absolute atomic E-state index is 0.0251. The number of ether oxygens (including phenoxy) is 1. The van der Waals surface area contributed by atoms with Crippen molar-refractivity contribution >= 4 is 0 Å². The summed E-state index contributed by atoms with van der Waals surface area (Å²) in [6.07, 6.45) is 0.551. The van der Waals surface area contributed by atoms with Crippen LogP contribution < -0.4 is 10.5 Å². The molecule has 1 aromatic rings. The Bertz CT molecular complexity index is 286. The van der Waals surface area contributed by atoms with Gasteiger partial charge in [0.15, 0.2) is 0 Å². The second-order valence-electron chi connectivity index (χ2n) is 3.14. The maximum absolute atomic E-state index is 13.3. The minimum atomic E-state index is -0.253. The highest BCUT2D eigenvalue weighted by Crippen LogP contribution is 2.16. The van der Waals surface area contributed by atoms with Crippen LogP contribution in [0.15, 0.2) is 18.2 Å². The molecule has 1 rings (SSSR count). The third kappa shape index (κ3) is 2.70. The molecule has 0 amide bonds. The average Bonchev–Trinajstić information content (AvgIpc) is 2.08. The van der Waals surface area contributed by atoms with Crippen LogP contribution >= 0.6 is 0 Å². The number of benzene rings is 1. The van der Waals surface area contributed by atoms with Gasteiger partial charge in [-0.25, -0.2) is 4.39 Å². The topological polar surface area (TPSA) is 35.2 Å². The van der Waals surface area contributed by atoms with Crippen molar-refractivity contribution in [2.24, 2.45) is 5.73 Å². The first-order valence-electron chi connectivity index (χ1n) is 4.21. The second-order valence-corrected chi connectivity index (χ2v) is 3.14. The number of methoxy groups -OCH3 is 1. The monoisotopic (exact) mass is 183 g/mol. The van der Waals surface area contributed by atoms with Crippen LogP contribution in [0.4, 0.5) is 4.39 Å². The van der Waals surface area contributed by atoms with Crippen LogP contribution in [0.2, 0.25) is 0 Å². The first kappa shape index (κ1) is 9.99. The van der Waals surface area contributed by atoms with Gasteiger partial charge >= 0.3 is 0 Å². The molecule has 0 aromatic heterocycles. The number of nitrogens with two attached hydrogens (primary N) is 1. The zero-order chi connectivity index (χ0) is 9.84. The summed E-state index contributed by atoms with van der Waals surface area (Å²) in [5, 5.41) is 0. The molecule has 1 atom stereocenters. The van der Waals surface area contributed by atoms with Crippen LogP contribution in [0.5, 0.6) is 5.75 Å². The van der Waals surface area contributed by atoms with E-state index in [4.69, 9.17) is 10.5 Å². The van der Waals surface area contributed by atoms with Gasteiger partial charge < -0.3 is 10.5 Å². The van der Waals surface area contributed by atoms with Gasteiger partial charge in [-0.1, -0.05) is 6.07 Å². The van der Waals surface area contributed by atoms with Crippen molar-refractivity contribution in [3.63, 3.8) is 0 Å². The Morgan fingerprint density at radius 1 is 1.54 bits per heavy atom. The van der Waals surface area contributed by atoms with E-state index in [0.717, 1.165) is 0 Å². The first-order valence-corrected chi connectivity index (χ1v) is 4.21. The van der Waals surface area contributed by atoms with E-state index in [2.05, 4.69) is 0 Å². The fourth-order valence-electron chi connectivity index (χ4n) is 1.17. The summed E-state index contributed by atoms with van der Waals surface area (Å²) >= 11 is 0. The smallest absolute Gasteiger partial charge is 0.130 e. The normalized spacial score (nSPS) is 12.6. The Balaban J connectivity index is 2.85. The van der Waals surface area contributed by atoms with Crippen LogP contribution in [0, 0.1) is 5.82 Å². The molecule has 0 fully saturated rings. The summed E-state index contributed by atoms with van der Waals surface area (Å²) in [4.78, 5) is 0. The van der Waals surface area contributed by atoms with Crippen molar-refractivity contribution in [2.75, 3.05) is 7.11 Å². The standard InChI is InChI=1S/C10H14FNO/c1-7(12)5-8-3-4-9(13-2)6-10(8)11/h3-4,6-7H,5,12H2,1-2H3/t7-/m1/s1. The lowest BCUT2D eigenvalue weighted by molar-refractivity contribution is 0.410. The van der Waals surface area contributed by atoms with Crippen LogP contribution in [-0.2, 0) is 6.42 Å². The summed E-state index contributed by atoms with van der Waals surface area (Å²) in [5.41, 5.74) is 6.20. The predicted octanol–water partition coefficient (Wildman–Crippen LogP) is 1.72. The van der Waals surface area contributed by atoms with Gasteiger partial charge in [0.2, 0.25) is 0 Å². The van der Waals surface area contributed by atoms with Crippen LogP contribution in [-0.4, -0.2) is 13.2 Å². The highest BCUT2D eigenvalue weighted by atomic mass is 19.1. The Hall–Kier alpha value is -1.09. The molecule has 0 aliphatic heterocycles. The zero-order valence-electron chi connectivity index (χ0n) is 7.88. The van der Waals surface area contributed by atoms with Gasteiger partial charge in [0.1, 0.15) is 11.6 Å². The summed E-state index contributed by atoms with van der Waals surface area (Å²) < 4.78 is 18.1. The fourth-order valence-corrected chi connectivity index (χ4v) is 1.17. The van der Waals surface area contributed by atoms with Crippen LogP contribution in [0.25, 0.3) is 0 Å². The van der Waals surface area contributed by atoms with Crippen molar-refractivity contribution in [3.8, 4) is 5.75 Å². The third-order valence-corrected chi connectivity index (χ3v) is 1.80. The zero-order valence-corrected chi connectivity index (χ0v) is 7.88. The van der Waals surface area contributed by atoms with Gasteiger partial charge in [-0.05, 0) is 25.0 Å². The SMILES string of the molecule is COc1ccc(C[C@@H](C)N)c(F)c1. The van der Waals surface area contributed by atoms with Crippen LogP contribution in [0.1, 0.15) is 12.5 Å². The molecule has 13 heavy (non-hydrogen) atoms. The molecule has 0 unspecified atom stereocenters. The van der Waals surface area contributed by atoms with E-state index in [9.17, 15) is 4.39 Å². The molecule has 0 radical (unpaired) electrons. The second kappa shape index (κ2) is 4.23.